The molecule has 3 aromatic rings. The second-order valence-electron chi connectivity index (χ2n) is 6.73. The quantitative estimate of drug-likeness (QED) is 0.257. The van der Waals surface area contributed by atoms with Crippen molar-refractivity contribution in [3.05, 3.63) is 108 Å². The molecule has 1 amide bonds. The van der Waals surface area contributed by atoms with Crippen LogP contribution in [-0.2, 0) is 20.9 Å². The second-order valence-corrected chi connectivity index (χ2v) is 6.73. The van der Waals surface area contributed by atoms with Crippen molar-refractivity contribution in [1.82, 2.24) is 5.48 Å². The number of nitrogens with zero attached hydrogens (tertiary/aromatic N) is 1. The lowest BCUT2D eigenvalue weighted by Gasteiger charge is -2.15. The van der Waals surface area contributed by atoms with Crippen molar-refractivity contribution in [3.63, 3.8) is 0 Å². The first-order chi connectivity index (χ1) is 15.5. The largest absolute Gasteiger partial charge is 0.384 e. The van der Waals surface area contributed by atoms with Crippen LogP contribution in [0, 0.1) is 5.92 Å². The molecule has 3 rings (SSSR count). The fraction of sp³-hybridized carbons (Fsp3) is 0.0833. The van der Waals surface area contributed by atoms with Crippen LogP contribution >= 0.6 is 0 Å². The molecule has 8 heteroatoms. The first-order valence-corrected chi connectivity index (χ1v) is 9.74. The number of benzene rings is 3. The van der Waals surface area contributed by atoms with Crippen LogP contribution in [0.2, 0.25) is 0 Å². The molecule has 32 heavy (non-hydrogen) atoms. The number of carbonyl (C=O) groups is 3. The molecular weight excluding hydrogens is 410 g/mol. The molecule has 0 aliphatic rings. The highest BCUT2D eigenvalue weighted by Crippen LogP contribution is 2.11. The minimum Gasteiger partial charge on any atom is -0.384 e. The minimum atomic E-state index is -1.05. The van der Waals surface area contributed by atoms with E-state index < -0.39 is 23.8 Å². The van der Waals surface area contributed by atoms with E-state index in [2.05, 4.69) is 10.6 Å². The van der Waals surface area contributed by atoms with Crippen LogP contribution < -0.4 is 11.2 Å². The van der Waals surface area contributed by atoms with Gasteiger partial charge in [0.1, 0.15) is 5.92 Å². The first kappa shape index (κ1) is 22.2. The number of hydrogen-bond acceptors (Lipinski definition) is 6. The van der Waals surface area contributed by atoms with Crippen molar-refractivity contribution in [2.75, 3.05) is 0 Å². The molecule has 8 nitrogen and oxygen atoms in total. The lowest BCUT2D eigenvalue weighted by molar-refractivity contribution is -0.132. The molecule has 1 atom stereocenters. The van der Waals surface area contributed by atoms with Gasteiger partial charge in [0.25, 0.3) is 5.91 Å². The average molecular weight is 431 g/mol. The first-order valence-electron chi connectivity index (χ1n) is 9.74. The van der Waals surface area contributed by atoms with Gasteiger partial charge in [0, 0.05) is 0 Å². The second kappa shape index (κ2) is 11.1. The Morgan fingerprint density at radius 1 is 0.781 bits per heavy atom. The molecule has 0 aliphatic carbocycles. The molecule has 1 unspecified atom stereocenters. The Kier molecular flexibility index (Phi) is 7.69. The SMILES string of the molecule is N/C(=N\OC(=O)c1ccccc1)C(Cc1ccccc1)C(=O)NOC(=O)c1ccccc1. The summed E-state index contributed by atoms with van der Waals surface area (Å²) in [6.07, 6.45) is 0.147. The van der Waals surface area contributed by atoms with E-state index in [1.54, 1.807) is 72.8 Å². The summed E-state index contributed by atoms with van der Waals surface area (Å²) in [5.41, 5.74) is 9.43. The van der Waals surface area contributed by atoms with Gasteiger partial charge in [-0.2, -0.15) is 5.48 Å². The predicted octanol–water partition coefficient (Wildman–Crippen LogP) is 2.86. The Morgan fingerprint density at radius 3 is 1.84 bits per heavy atom. The zero-order chi connectivity index (χ0) is 22.8. The summed E-state index contributed by atoms with van der Waals surface area (Å²) in [6, 6.07) is 25.5. The fourth-order valence-corrected chi connectivity index (χ4v) is 2.77. The molecule has 0 saturated carbocycles. The van der Waals surface area contributed by atoms with Crippen molar-refractivity contribution < 1.29 is 24.1 Å². The smallest absolute Gasteiger partial charge is 0.365 e. The summed E-state index contributed by atoms with van der Waals surface area (Å²) >= 11 is 0. The zero-order valence-electron chi connectivity index (χ0n) is 17.0. The van der Waals surface area contributed by atoms with Crippen molar-refractivity contribution in [2.45, 2.75) is 6.42 Å². The van der Waals surface area contributed by atoms with E-state index in [1.165, 1.54) is 0 Å². The number of rotatable bonds is 7. The summed E-state index contributed by atoms with van der Waals surface area (Å²) in [5, 5.41) is 3.65. The Bertz CT molecular complexity index is 1090. The van der Waals surface area contributed by atoms with Gasteiger partial charge in [-0.3, -0.25) is 4.79 Å². The number of nitrogens with two attached hydrogens (primary N) is 1. The number of hydrogen-bond donors (Lipinski definition) is 2. The van der Waals surface area contributed by atoms with Crippen molar-refractivity contribution in [2.24, 2.45) is 16.8 Å². The third kappa shape index (κ3) is 6.27. The monoisotopic (exact) mass is 431 g/mol. The molecule has 0 fully saturated rings. The molecule has 0 heterocycles. The lowest BCUT2D eigenvalue weighted by atomic mass is 9.98. The maximum atomic E-state index is 12.7. The summed E-state index contributed by atoms with van der Waals surface area (Å²) in [6.45, 7) is 0. The highest BCUT2D eigenvalue weighted by molar-refractivity contribution is 6.03. The number of oxime groups is 1. The van der Waals surface area contributed by atoms with Crippen LogP contribution in [0.15, 0.2) is 96.2 Å². The highest BCUT2D eigenvalue weighted by atomic mass is 16.7. The summed E-state index contributed by atoms with van der Waals surface area (Å²) in [4.78, 5) is 46.8. The van der Waals surface area contributed by atoms with Gasteiger partial charge in [0.15, 0.2) is 5.84 Å². The van der Waals surface area contributed by atoms with Gasteiger partial charge in [-0.15, -0.1) is 0 Å². The molecule has 3 aromatic carbocycles. The molecule has 0 aromatic heterocycles. The fourth-order valence-electron chi connectivity index (χ4n) is 2.77. The maximum absolute atomic E-state index is 12.7. The van der Waals surface area contributed by atoms with Crippen LogP contribution in [0.3, 0.4) is 0 Å². The Balaban J connectivity index is 1.71. The van der Waals surface area contributed by atoms with Crippen LogP contribution in [0.1, 0.15) is 26.3 Å². The summed E-state index contributed by atoms with van der Waals surface area (Å²) < 4.78 is 0. The van der Waals surface area contributed by atoms with E-state index in [-0.39, 0.29) is 23.4 Å². The van der Waals surface area contributed by atoms with Crippen LogP contribution in [0.25, 0.3) is 0 Å². The Hall–Kier alpha value is -4.46. The van der Waals surface area contributed by atoms with E-state index in [4.69, 9.17) is 15.4 Å². The van der Waals surface area contributed by atoms with Gasteiger partial charge in [-0.05, 0) is 36.2 Å². The molecule has 162 valence electrons. The minimum absolute atomic E-state index is 0.147. The number of hydroxylamine groups is 1. The van der Waals surface area contributed by atoms with Crippen molar-refractivity contribution >= 4 is 23.7 Å². The molecule has 0 aliphatic heterocycles. The number of amidine groups is 1. The third-order valence-corrected chi connectivity index (χ3v) is 4.45. The van der Waals surface area contributed by atoms with Crippen LogP contribution in [0.4, 0.5) is 0 Å². The topological polar surface area (TPSA) is 120 Å². The molecule has 3 N–H and O–H groups in total. The number of carbonyl (C=O) groups excluding carboxylic acids is 3. The van der Waals surface area contributed by atoms with Gasteiger partial charge in [0.2, 0.25) is 0 Å². The van der Waals surface area contributed by atoms with Gasteiger partial charge < -0.3 is 15.4 Å². The van der Waals surface area contributed by atoms with Gasteiger partial charge in [0.05, 0.1) is 11.1 Å². The molecular formula is C24H21N3O5. The summed E-state index contributed by atoms with van der Waals surface area (Å²) in [5.74, 6) is -3.46. The Morgan fingerprint density at radius 2 is 1.28 bits per heavy atom. The van der Waals surface area contributed by atoms with E-state index in [0.717, 1.165) is 5.56 Å². The van der Waals surface area contributed by atoms with E-state index in [1.807, 2.05) is 18.2 Å². The van der Waals surface area contributed by atoms with Gasteiger partial charge in [-0.25, -0.2) is 9.59 Å². The number of nitrogens with one attached hydrogen (secondary N) is 1. The van der Waals surface area contributed by atoms with Gasteiger partial charge in [-0.1, -0.05) is 71.9 Å². The highest BCUT2D eigenvalue weighted by Gasteiger charge is 2.26. The standard InChI is InChI=1S/C24H21N3O5/c25-21(26-31-23(29)18-12-6-2-7-13-18)20(16-17-10-4-1-5-11-17)22(28)27-32-24(30)19-14-8-3-9-15-19/h1-15,20H,16H2,(H2,25,26)(H,27,28). The molecule has 0 bridgehead atoms. The van der Waals surface area contributed by atoms with E-state index in [9.17, 15) is 14.4 Å². The van der Waals surface area contributed by atoms with Crippen LogP contribution in [-0.4, -0.2) is 23.7 Å². The van der Waals surface area contributed by atoms with Crippen molar-refractivity contribution in [3.8, 4) is 0 Å². The maximum Gasteiger partial charge on any atom is 0.365 e. The van der Waals surface area contributed by atoms with Crippen molar-refractivity contribution in [1.29, 1.82) is 0 Å². The molecule has 0 radical (unpaired) electrons. The van der Waals surface area contributed by atoms with E-state index >= 15 is 0 Å². The van der Waals surface area contributed by atoms with Crippen LogP contribution in [0.5, 0.6) is 0 Å². The molecule has 0 spiro atoms. The zero-order valence-corrected chi connectivity index (χ0v) is 17.0. The van der Waals surface area contributed by atoms with Gasteiger partial charge >= 0.3 is 11.9 Å². The predicted molar refractivity (Wildman–Crippen MR) is 117 cm³/mol. The van der Waals surface area contributed by atoms with E-state index in [0.29, 0.717) is 0 Å². The summed E-state index contributed by atoms with van der Waals surface area (Å²) in [7, 11) is 0. The molecule has 0 saturated heterocycles. The average Bonchev–Trinajstić information content (AvgIpc) is 2.85. The number of amides is 1. The normalized spacial score (nSPS) is 11.8. The Labute approximate surface area is 184 Å². The third-order valence-electron chi connectivity index (χ3n) is 4.45. The lowest BCUT2D eigenvalue weighted by Crippen LogP contribution is -2.41.